The van der Waals surface area contributed by atoms with Crippen LogP contribution in [0.15, 0.2) is 47.6 Å². The van der Waals surface area contributed by atoms with Crippen LogP contribution in [0.2, 0.25) is 5.02 Å². The van der Waals surface area contributed by atoms with Gasteiger partial charge in [0, 0.05) is 18.8 Å². The first-order valence-corrected chi connectivity index (χ1v) is 7.73. The third kappa shape index (κ3) is 3.93. The molecule has 1 heterocycles. The van der Waals surface area contributed by atoms with Crippen molar-refractivity contribution in [3.05, 3.63) is 53.3 Å². The second kappa shape index (κ2) is 6.21. The Labute approximate surface area is 122 Å². The second-order valence-corrected chi connectivity index (χ2v) is 6.07. The minimum atomic E-state index is -3.75. The second-order valence-electron chi connectivity index (χ2n) is 4.10. The number of pyridine rings is 1. The van der Waals surface area contributed by atoms with E-state index in [0.717, 1.165) is 5.56 Å². The molecule has 0 saturated heterocycles. The molecule has 1 aromatic heterocycles. The lowest BCUT2D eigenvalue weighted by molar-refractivity contribution is 0.322. The maximum Gasteiger partial charge on any atom is 0.238 e. The van der Waals surface area contributed by atoms with Crippen LogP contribution in [0.1, 0.15) is 5.56 Å². The molecule has 2 rings (SSSR count). The van der Waals surface area contributed by atoms with Crippen molar-refractivity contribution in [3.63, 3.8) is 0 Å². The first-order chi connectivity index (χ1) is 9.47. The van der Waals surface area contributed by atoms with Gasteiger partial charge in [0.2, 0.25) is 10.0 Å². The monoisotopic (exact) mass is 312 g/mol. The first-order valence-electron chi connectivity index (χ1n) is 5.81. The summed E-state index contributed by atoms with van der Waals surface area (Å²) in [4.78, 5) is 3.96. The van der Waals surface area contributed by atoms with Gasteiger partial charge in [0.05, 0.1) is 16.5 Å². The van der Waals surface area contributed by atoms with Gasteiger partial charge in [-0.25, -0.2) is 13.6 Å². The Morgan fingerprint density at radius 1 is 1.30 bits per heavy atom. The number of sulfonamides is 1. The van der Waals surface area contributed by atoms with E-state index in [1.165, 1.54) is 18.2 Å². The maximum atomic E-state index is 11.2. The van der Waals surface area contributed by atoms with Crippen molar-refractivity contribution >= 4 is 21.6 Å². The summed E-state index contributed by atoms with van der Waals surface area (Å²) in [5, 5.41) is 5.23. The lowest BCUT2D eigenvalue weighted by Crippen LogP contribution is -2.12. The van der Waals surface area contributed by atoms with Crippen molar-refractivity contribution in [3.8, 4) is 5.75 Å². The molecule has 2 N–H and O–H groups in total. The Bertz CT molecular complexity index is 690. The van der Waals surface area contributed by atoms with Crippen LogP contribution in [-0.4, -0.2) is 20.0 Å². The molecule has 0 amide bonds. The largest absolute Gasteiger partial charge is 0.492 e. The normalized spacial score (nSPS) is 11.3. The molecule has 1 aromatic carbocycles. The van der Waals surface area contributed by atoms with Crippen LogP contribution in [0.5, 0.6) is 5.75 Å². The van der Waals surface area contributed by atoms with Crippen LogP contribution in [0.3, 0.4) is 0 Å². The van der Waals surface area contributed by atoms with E-state index in [2.05, 4.69) is 4.98 Å². The van der Waals surface area contributed by atoms with Gasteiger partial charge in [-0.3, -0.25) is 4.98 Å². The molecule has 0 bridgehead atoms. The highest BCUT2D eigenvalue weighted by Gasteiger charge is 2.11. The fraction of sp³-hybridized carbons (Fsp3) is 0.154. The lowest BCUT2D eigenvalue weighted by atomic mass is 10.2. The number of benzene rings is 1. The summed E-state index contributed by atoms with van der Waals surface area (Å²) in [5.74, 6) is 0.419. The van der Waals surface area contributed by atoms with Crippen molar-refractivity contribution in [1.82, 2.24) is 4.98 Å². The van der Waals surface area contributed by atoms with E-state index in [-0.39, 0.29) is 9.92 Å². The van der Waals surface area contributed by atoms with Gasteiger partial charge < -0.3 is 4.74 Å². The molecular weight excluding hydrogens is 300 g/mol. The number of hydrogen-bond acceptors (Lipinski definition) is 4. The maximum absolute atomic E-state index is 11.2. The van der Waals surface area contributed by atoms with Gasteiger partial charge in [-0.05, 0) is 29.8 Å². The van der Waals surface area contributed by atoms with Crippen molar-refractivity contribution < 1.29 is 13.2 Å². The molecule has 0 fully saturated rings. The molecule has 0 atom stereocenters. The Balaban J connectivity index is 2.00. The highest BCUT2D eigenvalue weighted by Crippen LogP contribution is 2.27. The van der Waals surface area contributed by atoms with Crippen molar-refractivity contribution in [2.45, 2.75) is 11.3 Å². The number of halogens is 1. The van der Waals surface area contributed by atoms with Crippen LogP contribution in [0.25, 0.3) is 0 Å². The highest BCUT2D eigenvalue weighted by molar-refractivity contribution is 7.89. The number of aromatic nitrogens is 1. The van der Waals surface area contributed by atoms with E-state index >= 15 is 0 Å². The summed E-state index contributed by atoms with van der Waals surface area (Å²) >= 11 is 5.96. The summed E-state index contributed by atoms with van der Waals surface area (Å²) in [6.45, 7) is 0.417. The predicted octanol–water partition coefficient (Wildman–Crippen LogP) is 2.00. The third-order valence-electron chi connectivity index (χ3n) is 2.60. The zero-order valence-electron chi connectivity index (χ0n) is 10.5. The molecular formula is C13H13ClN2O3S. The predicted molar refractivity (Wildman–Crippen MR) is 76.3 cm³/mol. The number of nitrogens with zero attached hydrogens (tertiary/aromatic N) is 1. The zero-order chi connectivity index (χ0) is 14.6. The van der Waals surface area contributed by atoms with Crippen LogP contribution in [0, 0.1) is 0 Å². The van der Waals surface area contributed by atoms with E-state index in [1.54, 1.807) is 12.4 Å². The molecule has 0 aliphatic rings. The molecule has 106 valence electrons. The molecule has 0 unspecified atom stereocenters. The van der Waals surface area contributed by atoms with E-state index in [1.807, 2.05) is 12.1 Å². The summed E-state index contributed by atoms with van der Waals surface area (Å²) in [6.07, 6.45) is 4.14. The molecule has 5 nitrogen and oxygen atoms in total. The summed E-state index contributed by atoms with van der Waals surface area (Å²) in [6, 6.07) is 7.92. The number of nitrogens with two attached hydrogens (primary N) is 1. The fourth-order valence-corrected chi connectivity index (χ4v) is 2.44. The highest BCUT2D eigenvalue weighted by atomic mass is 35.5. The third-order valence-corrected chi connectivity index (χ3v) is 3.81. The number of hydrogen-bond donors (Lipinski definition) is 1. The summed E-state index contributed by atoms with van der Waals surface area (Å²) < 4.78 is 27.8. The number of rotatable bonds is 5. The zero-order valence-corrected chi connectivity index (χ0v) is 12.1. The standard InChI is InChI=1S/C13H13ClN2O3S/c14-12-8-11(20(15,17)18)3-4-13(12)19-7-5-10-2-1-6-16-9-10/h1-4,6,8-9H,5,7H2,(H2,15,17,18). The Morgan fingerprint density at radius 3 is 2.70 bits per heavy atom. The number of primary sulfonamides is 1. The van der Waals surface area contributed by atoms with E-state index in [0.29, 0.717) is 18.8 Å². The van der Waals surface area contributed by atoms with Gasteiger partial charge in [-0.1, -0.05) is 17.7 Å². The Hall–Kier alpha value is -1.63. The fourth-order valence-electron chi connectivity index (χ4n) is 1.60. The van der Waals surface area contributed by atoms with Crippen LogP contribution in [-0.2, 0) is 16.4 Å². The van der Waals surface area contributed by atoms with Gasteiger partial charge >= 0.3 is 0 Å². The SMILES string of the molecule is NS(=O)(=O)c1ccc(OCCc2cccnc2)c(Cl)c1. The molecule has 7 heteroatoms. The quantitative estimate of drug-likeness (QED) is 0.915. The molecule has 0 spiro atoms. The van der Waals surface area contributed by atoms with E-state index in [9.17, 15) is 8.42 Å². The van der Waals surface area contributed by atoms with Gasteiger partial charge in [0.15, 0.2) is 0 Å². The Kier molecular flexibility index (Phi) is 4.59. The molecule has 0 saturated carbocycles. The van der Waals surface area contributed by atoms with Gasteiger partial charge in [-0.15, -0.1) is 0 Å². The molecule has 20 heavy (non-hydrogen) atoms. The van der Waals surface area contributed by atoms with Crippen LogP contribution in [0.4, 0.5) is 0 Å². The van der Waals surface area contributed by atoms with E-state index < -0.39 is 10.0 Å². The smallest absolute Gasteiger partial charge is 0.238 e. The lowest BCUT2D eigenvalue weighted by Gasteiger charge is -2.09. The van der Waals surface area contributed by atoms with Crippen molar-refractivity contribution in [2.75, 3.05) is 6.61 Å². The van der Waals surface area contributed by atoms with Crippen molar-refractivity contribution in [2.24, 2.45) is 5.14 Å². The molecule has 2 aromatic rings. The van der Waals surface area contributed by atoms with Gasteiger partial charge in [-0.2, -0.15) is 0 Å². The van der Waals surface area contributed by atoms with Gasteiger partial charge in [0.25, 0.3) is 0 Å². The summed E-state index contributed by atoms with van der Waals surface area (Å²) in [5.41, 5.74) is 1.05. The van der Waals surface area contributed by atoms with Crippen LogP contribution < -0.4 is 9.88 Å². The van der Waals surface area contributed by atoms with Crippen molar-refractivity contribution in [1.29, 1.82) is 0 Å². The number of ether oxygens (including phenoxy) is 1. The Morgan fingerprint density at radius 2 is 2.10 bits per heavy atom. The van der Waals surface area contributed by atoms with Gasteiger partial charge in [0.1, 0.15) is 5.75 Å². The average molecular weight is 313 g/mol. The molecule has 0 radical (unpaired) electrons. The summed E-state index contributed by atoms with van der Waals surface area (Å²) in [7, 11) is -3.75. The first kappa shape index (κ1) is 14.8. The topological polar surface area (TPSA) is 82.3 Å². The van der Waals surface area contributed by atoms with Crippen LogP contribution >= 0.6 is 11.6 Å². The molecule has 0 aliphatic heterocycles. The van der Waals surface area contributed by atoms with E-state index in [4.69, 9.17) is 21.5 Å². The molecule has 0 aliphatic carbocycles. The minimum absolute atomic E-state index is 0.0397. The minimum Gasteiger partial charge on any atom is -0.492 e. The average Bonchev–Trinajstić information content (AvgIpc) is 2.40.